The first-order chi connectivity index (χ1) is 11.0. The lowest BCUT2D eigenvalue weighted by Gasteiger charge is -2.35. The molecule has 2 atom stereocenters. The molecule has 0 bridgehead atoms. The molecule has 1 aliphatic rings. The zero-order valence-electron chi connectivity index (χ0n) is 13.8. The van der Waals surface area contributed by atoms with Gasteiger partial charge in [-0.15, -0.1) is 0 Å². The summed E-state index contributed by atoms with van der Waals surface area (Å²) in [6, 6.07) is 5.40. The van der Waals surface area contributed by atoms with E-state index in [1.54, 1.807) is 6.07 Å². The summed E-state index contributed by atoms with van der Waals surface area (Å²) in [5, 5.41) is 2.91. The number of ether oxygens (including phenoxy) is 1. The van der Waals surface area contributed by atoms with Crippen LogP contribution in [-0.2, 0) is 4.74 Å². The third-order valence-corrected chi connectivity index (χ3v) is 3.95. The maximum Gasteiger partial charge on any atom is 0.287 e. The summed E-state index contributed by atoms with van der Waals surface area (Å²) < 4.78 is 11.3. The van der Waals surface area contributed by atoms with E-state index in [1.807, 2.05) is 19.1 Å². The van der Waals surface area contributed by atoms with Crippen LogP contribution in [0.15, 0.2) is 22.6 Å². The molecule has 2 aromatic heterocycles. The first-order valence-corrected chi connectivity index (χ1v) is 8.04. The highest BCUT2D eigenvalue weighted by Crippen LogP contribution is 2.17. The number of furan rings is 1. The van der Waals surface area contributed by atoms with Gasteiger partial charge in [-0.25, -0.2) is 4.98 Å². The van der Waals surface area contributed by atoms with Crippen molar-refractivity contribution in [2.75, 3.05) is 26.2 Å². The van der Waals surface area contributed by atoms with Gasteiger partial charge in [0.1, 0.15) is 5.52 Å². The van der Waals surface area contributed by atoms with Crippen molar-refractivity contribution < 1.29 is 13.9 Å². The summed E-state index contributed by atoms with van der Waals surface area (Å²) >= 11 is 0. The van der Waals surface area contributed by atoms with Gasteiger partial charge >= 0.3 is 0 Å². The summed E-state index contributed by atoms with van der Waals surface area (Å²) in [5.74, 6) is 0.108. The average molecular weight is 317 g/mol. The van der Waals surface area contributed by atoms with Gasteiger partial charge in [-0.3, -0.25) is 9.69 Å². The number of pyridine rings is 1. The Kier molecular flexibility index (Phi) is 4.63. The SMILES string of the molecule is Cc1ccc2oc(C(=O)NCCN3C[C@@H](C)O[C@@H](C)C3)cc2n1. The lowest BCUT2D eigenvalue weighted by molar-refractivity contribution is -0.0672. The van der Waals surface area contributed by atoms with Crippen molar-refractivity contribution in [3.8, 4) is 0 Å². The Morgan fingerprint density at radius 3 is 2.83 bits per heavy atom. The van der Waals surface area contributed by atoms with E-state index in [9.17, 15) is 4.79 Å². The quantitative estimate of drug-likeness (QED) is 0.934. The first kappa shape index (κ1) is 16.0. The molecule has 0 spiro atoms. The lowest BCUT2D eigenvalue weighted by Crippen LogP contribution is -2.47. The summed E-state index contributed by atoms with van der Waals surface area (Å²) in [7, 11) is 0. The highest BCUT2D eigenvalue weighted by molar-refractivity contribution is 5.95. The topological polar surface area (TPSA) is 67.6 Å². The summed E-state index contributed by atoms with van der Waals surface area (Å²) in [4.78, 5) is 18.9. The second kappa shape index (κ2) is 6.68. The number of morpholine rings is 1. The first-order valence-electron chi connectivity index (χ1n) is 8.04. The van der Waals surface area contributed by atoms with Gasteiger partial charge in [-0.1, -0.05) is 0 Å². The number of rotatable bonds is 4. The van der Waals surface area contributed by atoms with Crippen LogP contribution >= 0.6 is 0 Å². The van der Waals surface area contributed by atoms with Crippen LogP contribution in [0.4, 0.5) is 0 Å². The lowest BCUT2D eigenvalue weighted by atomic mass is 10.2. The van der Waals surface area contributed by atoms with E-state index in [0.717, 1.165) is 25.3 Å². The minimum absolute atomic E-state index is 0.199. The van der Waals surface area contributed by atoms with E-state index < -0.39 is 0 Å². The smallest absolute Gasteiger partial charge is 0.287 e. The summed E-state index contributed by atoms with van der Waals surface area (Å²) in [6.45, 7) is 9.25. The minimum Gasteiger partial charge on any atom is -0.449 e. The van der Waals surface area contributed by atoms with Gasteiger partial charge in [0.25, 0.3) is 5.91 Å². The molecule has 6 heteroatoms. The van der Waals surface area contributed by atoms with E-state index in [-0.39, 0.29) is 18.1 Å². The van der Waals surface area contributed by atoms with E-state index in [0.29, 0.717) is 23.4 Å². The van der Waals surface area contributed by atoms with E-state index >= 15 is 0 Å². The predicted molar refractivity (Wildman–Crippen MR) is 87.5 cm³/mol. The molecule has 0 saturated carbocycles. The Labute approximate surface area is 135 Å². The van der Waals surface area contributed by atoms with Crippen LogP contribution in [0, 0.1) is 6.92 Å². The normalized spacial score (nSPS) is 22.4. The van der Waals surface area contributed by atoms with Crippen LogP contribution in [0.5, 0.6) is 0 Å². The number of carbonyl (C=O) groups is 1. The standard InChI is InChI=1S/C17H23N3O3/c1-11-4-5-15-14(19-11)8-16(23-15)17(21)18-6-7-20-9-12(2)22-13(3)10-20/h4-5,8,12-13H,6-7,9-10H2,1-3H3,(H,18,21)/t12-,13+. The Bertz CT molecular complexity index is 687. The molecule has 0 unspecified atom stereocenters. The molecule has 23 heavy (non-hydrogen) atoms. The Balaban J connectivity index is 1.54. The summed E-state index contributed by atoms with van der Waals surface area (Å²) in [5.41, 5.74) is 2.25. The molecular weight excluding hydrogens is 294 g/mol. The van der Waals surface area contributed by atoms with Crippen molar-refractivity contribution in [3.05, 3.63) is 29.7 Å². The van der Waals surface area contributed by atoms with Crippen molar-refractivity contribution >= 4 is 17.0 Å². The molecule has 6 nitrogen and oxygen atoms in total. The maximum atomic E-state index is 12.2. The van der Waals surface area contributed by atoms with E-state index in [2.05, 4.69) is 29.0 Å². The number of aryl methyl sites for hydroxylation is 1. The monoisotopic (exact) mass is 317 g/mol. The fourth-order valence-corrected chi connectivity index (χ4v) is 3.02. The van der Waals surface area contributed by atoms with Gasteiger partial charge < -0.3 is 14.5 Å². The van der Waals surface area contributed by atoms with Gasteiger partial charge in [0.05, 0.1) is 12.2 Å². The third kappa shape index (κ3) is 3.89. The molecule has 1 saturated heterocycles. The predicted octanol–water partition coefficient (Wildman–Crippen LogP) is 1.98. The van der Waals surface area contributed by atoms with Gasteiger partial charge in [0.2, 0.25) is 0 Å². The van der Waals surface area contributed by atoms with Gasteiger partial charge in [-0.05, 0) is 32.9 Å². The average Bonchev–Trinajstić information content (AvgIpc) is 2.89. The molecule has 1 N–H and O–H groups in total. The Morgan fingerprint density at radius 1 is 1.35 bits per heavy atom. The van der Waals surface area contributed by atoms with E-state index in [4.69, 9.17) is 9.15 Å². The zero-order valence-corrected chi connectivity index (χ0v) is 13.8. The number of aromatic nitrogens is 1. The van der Waals surface area contributed by atoms with Crippen LogP contribution in [0.2, 0.25) is 0 Å². The van der Waals surface area contributed by atoms with E-state index in [1.165, 1.54) is 0 Å². The van der Waals surface area contributed by atoms with Crippen molar-refractivity contribution in [1.82, 2.24) is 15.2 Å². The van der Waals surface area contributed by atoms with Crippen molar-refractivity contribution in [1.29, 1.82) is 0 Å². The molecule has 124 valence electrons. The number of fused-ring (bicyclic) bond motifs is 1. The molecule has 2 aromatic rings. The fraction of sp³-hybridized carbons (Fsp3) is 0.529. The molecule has 0 aliphatic carbocycles. The Hall–Kier alpha value is -1.92. The molecular formula is C17H23N3O3. The summed E-state index contributed by atoms with van der Waals surface area (Å²) in [6.07, 6.45) is 0.471. The molecule has 1 amide bonds. The van der Waals surface area contributed by atoms with Crippen LogP contribution in [0.3, 0.4) is 0 Å². The maximum absolute atomic E-state index is 12.2. The minimum atomic E-state index is -0.199. The van der Waals surface area contributed by atoms with Crippen LogP contribution in [-0.4, -0.2) is 54.2 Å². The second-order valence-electron chi connectivity index (χ2n) is 6.22. The third-order valence-electron chi connectivity index (χ3n) is 3.95. The molecule has 1 fully saturated rings. The molecule has 0 aromatic carbocycles. The van der Waals surface area contributed by atoms with Gasteiger partial charge in [0, 0.05) is 37.9 Å². The molecule has 3 rings (SSSR count). The van der Waals surface area contributed by atoms with Crippen molar-refractivity contribution in [2.24, 2.45) is 0 Å². The highest BCUT2D eigenvalue weighted by atomic mass is 16.5. The van der Waals surface area contributed by atoms with Crippen molar-refractivity contribution in [2.45, 2.75) is 33.0 Å². The molecule has 1 aliphatic heterocycles. The van der Waals surface area contributed by atoms with Gasteiger partial charge in [-0.2, -0.15) is 0 Å². The number of hydrogen-bond acceptors (Lipinski definition) is 5. The molecule has 0 radical (unpaired) electrons. The molecule has 3 heterocycles. The largest absolute Gasteiger partial charge is 0.449 e. The van der Waals surface area contributed by atoms with Gasteiger partial charge in [0.15, 0.2) is 11.3 Å². The van der Waals surface area contributed by atoms with Crippen molar-refractivity contribution in [3.63, 3.8) is 0 Å². The van der Waals surface area contributed by atoms with Crippen LogP contribution < -0.4 is 5.32 Å². The Morgan fingerprint density at radius 2 is 2.09 bits per heavy atom. The number of amides is 1. The number of hydrogen-bond donors (Lipinski definition) is 1. The van der Waals surface area contributed by atoms with Crippen LogP contribution in [0.25, 0.3) is 11.1 Å². The highest BCUT2D eigenvalue weighted by Gasteiger charge is 2.22. The number of nitrogens with zero attached hydrogens (tertiary/aromatic N) is 2. The fourth-order valence-electron chi connectivity index (χ4n) is 3.02. The zero-order chi connectivity index (χ0) is 16.4. The second-order valence-corrected chi connectivity index (χ2v) is 6.22. The number of carbonyl (C=O) groups excluding carboxylic acids is 1. The number of nitrogens with one attached hydrogen (secondary N) is 1. The van der Waals surface area contributed by atoms with Crippen LogP contribution in [0.1, 0.15) is 30.1 Å².